The van der Waals surface area contributed by atoms with Crippen LogP contribution in [0.4, 0.5) is 5.69 Å². The molecule has 0 saturated carbocycles. The number of benzene rings is 2. The summed E-state index contributed by atoms with van der Waals surface area (Å²) in [6.07, 6.45) is 0.393. The zero-order valence-electron chi connectivity index (χ0n) is 14.6. The molecule has 8 heteroatoms. The predicted molar refractivity (Wildman–Crippen MR) is 100 cm³/mol. The van der Waals surface area contributed by atoms with Crippen molar-refractivity contribution < 1.29 is 19.6 Å². The summed E-state index contributed by atoms with van der Waals surface area (Å²) in [6, 6.07) is 12.0. The minimum Gasteiger partial charge on any atom is -0.481 e. The van der Waals surface area contributed by atoms with Crippen molar-refractivity contribution in [1.29, 1.82) is 0 Å². The molecule has 0 aliphatic carbocycles. The maximum atomic E-state index is 12.6. The van der Waals surface area contributed by atoms with Crippen LogP contribution in [-0.2, 0) is 4.79 Å². The minimum atomic E-state index is -0.930. The van der Waals surface area contributed by atoms with Gasteiger partial charge in [0.1, 0.15) is 0 Å². The fourth-order valence-corrected chi connectivity index (χ4v) is 3.84. The van der Waals surface area contributed by atoms with Crippen molar-refractivity contribution in [2.75, 3.05) is 13.1 Å². The minimum absolute atomic E-state index is 0.127. The van der Waals surface area contributed by atoms with Gasteiger partial charge in [0.2, 0.25) is 0 Å². The van der Waals surface area contributed by atoms with E-state index in [2.05, 4.69) is 0 Å². The Morgan fingerprint density at radius 1 is 1.22 bits per heavy atom. The van der Waals surface area contributed by atoms with Gasteiger partial charge in [0.25, 0.3) is 11.6 Å². The molecule has 1 unspecified atom stereocenters. The van der Waals surface area contributed by atoms with Crippen molar-refractivity contribution in [2.24, 2.45) is 5.92 Å². The molecule has 140 valence electrons. The van der Waals surface area contributed by atoms with Gasteiger partial charge in [-0.2, -0.15) is 0 Å². The number of carboxylic acids is 1. The van der Waals surface area contributed by atoms with Crippen LogP contribution < -0.4 is 0 Å². The molecule has 1 aliphatic heterocycles. The number of rotatable bonds is 5. The molecule has 3 rings (SSSR count). The van der Waals surface area contributed by atoms with E-state index in [0.29, 0.717) is 17.9 Å². The van der Waals surface area contributed by atoms with E-state index in [1.54, 1.807) is 12.1 Å². The number of amides is 1. The number of nitrogens with zero attached hydrogens (tertiary/aromatic N) is 2. The van der Waals surface area contributed by atoms with Crippen molar-refractivity contribution in [3.63, 3.8) is 0 Å². The molecule has 1 atom stereocenters. The summed E-state index contributed by atoms with van der Waals surface area (Å²) < 4.78 is 0. The second-order valence-corrected chi connectivity index (χ2v) is 7.55. The molecule has 0 spiro atoms. The monoisotopic (exact) mass is 386 g/mol. The zero-order chi connectivity index (χ0) is 19.6. The largest absolute Gasteiger partial charge is 0.481 e. The predicted octanol–water partition coefficient (Wildman–Crippen LogP) is 3.60. The van der Waals surface area contributed by atoms with E-state index in [-0.39, 0.29) is 23.7 Å². The number of carbonyl (C=O) groups excluding carboxylic acids is 1. The summed E-state index contributed by atoms with van der Waals surface area (Å²) in [5, 5.41) is 20.6. The highest BCUT2D eigenvalue weighted by Gasteiger charge is 2.32. The van der Waals surface area contributed by atoms with Crippen LogP contribution in [0.5, 0.6) is 0 Å². The maximum Gasteiger partial charge on any atom is 0.308 e. The van der Waals surface area contributed by atoms with E-state index in [1.807, 2.05) is 31.2 Å². The van der Waals surface area contributed by atoms with Crippen LogP contribution in [-0.4, -0.2) is 39.9 Å². The number of nitro benzene ring substituents is 1. The quantitative estimate of drug-likeness (QED) is 0.622. The molecule has 1 saturated heterocycles. The molecule has 1 fully saturated rings. The van der Waals surface area contributed by atoms with Gasteiger partial charge in [0.05, 0.1) is 15.7 Å². The molecule has 2 aromatic carbocycles. The van der Waals surface area contributed by atoms with Gasteiger partial charge in [-0.1, -0.05) is 29.5 Å². The standard InChI is InChI=1S/C19H18N2O5S/c1-12-2-5-15(6-3-12)27-17-7-4-13(10-16(17)21(25)26)18(22)20-9-8-14(11-20)19(23)24/h2-7,10,14H,8-9,11H2,1H3,(H,23,24). The molecule has 1 aliphatic rings. The molecule has 0 aromatic heterocycles. The second-order valence-electron chi connectivity index (χ2n) is 6.43. The van der Waals surface area contributed by atoms with Crippen LogP contribution >= 0.6 is 11.8 Å². The average molecular weight is 386 g/mol. The number of carbonyl (C=O) groups is 2. The SMILES string of the molecule is Cc1ccc(Sc2ccc(C(=O)N3CCC(C(=O)O)C3)cc2[N+](=O)[O-])cc1. The highest BCUT2D eigenvalue weighted by atomic mass is 32.2. The first-order valence-electron chi connectivity index (χ1n) is 8.40. The topological polar surface area (TPSA) is 101 Å². The lowest BCUT2D eigenvalue weighted by molar-refractivity contribution is -0.387. The van der Waals surface area contributed by atoms with Crippen molar-refractivity contribution in [2.45, 2.75) is 23.1 Å². The second kappa shape index (κ2) is 7.79. The smallest absolute Gasteiger partial charge is 0.308 e. The molecule has 2 aromatic rings. The van der Waals surface area contributed by atoms with Crippen molar-refractivity contribution in [3.8, 4) is 0 Å². The van der Waals surface area contributed by atoms with Crippen molar-refractivity contribution >= 4 is 29.3 Å². The van der Waals surface area contributed by atoms with E-state index >= 15 is 0 Å². The number of aryl methyl sites for hydroxylation is 1. The Labute approximate surface area is 160 Å². The van der Waals surface area contributed by atoms with Gasteiger partial charge in [-0.3, -0.25) is 19.7 Å². The Kier molecular flexibility index (Phi) is 5.46. The average Bonchev–Trinajstić information content (AvgIpc) is 3.13. The summed E-state index contributed by atoms with van der Waals surface area (Å²) in [5.41, 5.74) is 1.15. The van der Waals surface area contributed by atoms with Crippen molar-refractivity contribution in [3.05, 3.63) is 63.7 Å². The number of aliphatic carboxylic acids is 1. The van der Waals surface area contributed by atoms with Gasteiger partial charge in [0.15, 0.2) is 0 Å². The van der Waals surface area contributed by atoms with Gasteiger partial charge in [-0.15, -0.1) is 0 Å². The summed E-state index contributed by atoms with van der Waals surface area (Å²) in [4.78, 5) is 37.4. The highest BCUT2D eigenvalue weighted by Crippen LogP contribution is 2.36. The van der Waals surface area contributed by atoms with Crippen LogP contribution in [0.1, 0.15) is 22.3 Å². The third-order valence-corrected chi connectivity index (χ3v) is 5.55. The molecule has 1 N–H and O–H groups in total. The number of hydrogen-bond acceptors (Lipinski definition) is 5. The fourth-order valence-electron chi connectivity index (χ4n) is 2.94. The Balaban J connectivity index is 1.83. The molecular formula is C19H18N2O5S. The van der Waals surface area contributed by atoms with Gasteiger partial charge < -0.3 is 10.0 Å². The molecule has 7 nitrogen and oxygen atoms in total. The van der Waals surface area contributed by atoms with E-state index < -0.39 is 16.8 Å². The van der Waals surface area contributed by atoms with Crippen LogP contribution in [0.3, 0.4) is 0 Å². The van der Waals surface area contributed by atoms with Gasteiger partial charge in [-0.25, -0.2) is 0 Å². The summed E-state index contributed by atoms with van der Waals surface area (Å²) in [5.74, 6) is -1.89. The molecule has 1 amide bonds. The normalized spacial score (nSPS) is 16.3. The molecule has 0 radical (unpaired) electrons. The van der Waals surface area contributed by atoms with Crippen LogP contribution in [0.25, 0.3) is 0 Å². The summed E-state index contributed by atoms with van der Waals surface area (Å²) in [6.45, 7) is 2.43. The van der Waals surface area contributed by atoms with Gasteiger partial charge >= 0.3 is 5.97 Å². The van der Waals surface area contributed by atoms with Crippen LogP contribution in [0.15, 0.2) is 52.3 Å². The Morgan fingerprint density at radius 3 is 2.52 bits per heavy atom. The highest BCUT2D eigenvalue weighted by molar-refractivity contribution is 7.99. The maximum absolute atomic E-state index is 12.6. The molecule has 27 heavy (non-hydrogen) atoms. The third-order valence-electron chi connectivity index (χ3n) is 4.48. The van der Waals surface area contributed by atoms with Gasteiger partial charge in [0, 0.05) is 29.6 Å². The first kappa shape index (κ1) is 18.9. The first-order valence-corrected chi connectivity index (χ1v) is 9.22. The molecular weight excluding hydrogens is 368 g/mol. The molecule has 0 bridgehead atoms. The summed E-state index contributed by atoms with van der Waals surface area (Å²) >= 11 is 1.26. The van der Waals surface area contributed by atoms with E-state index in [9.17, 15) is 19.7 Å². The number of likely N-dealkylation sites (tertiary alicyclic amines) is 1. The number of nitro groups is 1. The van der Waals surface area contributed by atoms with E-state index in [1.165, 1.54) is 22.7 Å². The number of hydrogen-bond donors (Lipinski definition) is 1. The third kappa shape index (κ3) is 4.28. The fraction of sp³-hybridized carbons (Fsp3) is 0.263. The van der Waals surface area contributed by atoms with Crippen molar-refractivity contribution in [1.82, 2.24) is 4.90 Å². The summed E-state index contributed by atoms with van der Waals surface area (Å²) in [7, 11) is 0. The lowest BCUT2D eigenvalue weighted by Crippen LogP contribution is -2.30. The first-order chi connectivity index (χ1) is 12.8. The Bertz CT molecular complexity index is 897. The molecule has 1 heterocycles. The van der Waals surface area contributed by atoms with Crippen LogP contribution in [0, 0.1) is 23.0 Å². The lowest BCUT2D eigenvalue weighted by Gasteiger charge is -2.16. The Morgan fingerprint density at radius 2 is 1.93 bits per heavy atom. The van der Waals surface area contributed by atoms with E-state index in [4.69, 9.17) is 5.11 Å². The van der Waals surface area contributed by atoms with Gasteiger partial charge in [-0.05, 0) is 37.6 Å². The lowest BCUT2D eigenvalue weighted by atomic mass is 10.1. The zero-order valence-corrected chi connectivity index (χ0v) is 15.4. The number of carboxylic acid groups (broad SMARTS) is 1. The van der Waals surface area contributed by atoms with Crippen LogP contribution in [0.2, 0.25) is 0 Å². The Hall–Kier alpha value is -2.87. The van der Waals surface area contributed by atoms with E-state index in [0.717, 1.165) is 10.5 Å².